The third-order valence-electron chi connectivity index (χ3n) is 5.38. The van der Waals surface area contributed by atoms with Crippen LogP contribution in [-0.2, 0) is 26.5 Å². The van der Waals surface area contributed by atoms with Gasteiger partial charge in [0.1, 0.15) is 5.69 Å². The molecule has 0 saturated heterocycles. The summed E-state index contributed by atoms with van der Waals surface area (Å²) >= 11 is 0. The molecule has 10 heteroatoms. The summed E-state index contributed by atoms with van der Waals surface area (Å²) in [6.45, 7) is 0. The number of anilines is 1. The Morgan fingerprint density at radius 3 is 2.37 bits per heavy atom. The molecule has 2 aromatic rings. The minimum absolute atomic E-state index is 0.0142. The van der Waals surface area contributed by atoms with Gasteiger partial charge in [-0.25, -0.2) is 13.2 Å². The number of methoxy groups -OCH3 is 2. The largest absolute Gasteiger partial charge is 0.464 e. The number of nitrogens with one attached hydrogen (secondary N) is 1. The van der Waals surface area contributed by atoms with Crippen LogP contribution in [0.5, 0.6) is 0 Å². The standard InChI is InChI=1S/C20H24N4O5S/c1-24-19(20(25)29-3)18(17(22-24)14-6-8-15(28-2)9-7-14)23-30(26,27)16-10-4-13(12-21)5-11-16/h4-5,10-11,14-15,23H,6-9H2,1-3H3/t14-,15+. The SMILES string of the molecule is COC(=O)c1c(NS(=O)(=O)c2ccc(C#N)cc2)c([C@H]2CC[C@@H](OC)CC2)nn1C. The van der Waals surface area contributed by atoms with Gasteiger partial charge in [-0.3, -0.25) is 9.40 Å². The molecule has 0 aliphatic heterocycles. The number of hydrogen-bond donors (Lipinski definition) is 1. The molecule has 1 aromatic carbocycles. The summed E-state index contributed by atoms with van der Waals surface area (Å²) in [7, 11) is 0.481. The molecule has 3 rings (SSSR count). The van der Waals surface area contributed by atoms with E-state index in [-0.39, 0.29) is 28.3 Å². The Labute approximate surface area is 175 Å². The van der Waals surface area contributed by atoms with E-state index >= 15 is 0 Å². The number of aromatic nitrogens is 2. The molecule has 0 bridgehead atoms. The van der Waals surface area contributed by atoms with E-state index in [0.29, 0.717) is 11.3 Å². The van der Waals surface area contributed by atoms with Gasteiger partial charge in [0.25, 0.3) is 10.0 Å². The van der Waals surface area contributed by atoms with E-state index in [4.69, 9.17) is 14.7 Å². The Morgan fingerprint density at radius 1 is 1.20 bits per heavy atom. The fourth-order valence-electron chi connectivity index (χ4n) is 3.74. The van der Waals surface area contributed by atoms with Crippen molar-refractivity contribution in [3.8, 4) is 6.07 Å². The molecule has 160 valence electrons. The third-order valence-corrected chi connectivity index (χ3v) is 6.74. The molecule has 9 nitrogen and oxygen atoms in total. The van der Waals surface area contributed by atoms with E-state index in [9.17, 15) is 13.2 Å². The number of ether oxygens (including phenoxy) is 2. The fourth-order valence-corrected chi connectivity index (χ4v) is 4.82. The van der Waals surface area contributed by atoms with Crippen LogP contribution in [0.25, 0.3) is 0 Å². The van der Waals surface area contributed by atoms with Gasteiger partial charge in [0.15, 0.2) is 5.69 Å². The first-order chi connectivity index (χ1) is 14.3. The van der Waals surface area contributed by atoms with Crippen LogP contribution >= 0.6 is 0 Å². The molecule has 0 amide bonds. The van der Waals surface area contributed by atoms with E-state index in [1.54, 1.807) is 14.2 Å². The summed E-state index contributed by atoms with van der Waals surface area (Å²) in [5.41, 5.74) is 1.04. The first-order valence-electron chi connectivity index (χ1n) is 9.51. The molecular weight excluding hydrogens is 408 g/mol. The number of esters is 1. The molecular formula is C20H24N4O5S. The van der Waals surface area contributed by atoms with Crippen LogP contribution in [0.2, 0.25) is 0 Å². The summed E-state index contributed by atoms with van der Waals surface area (Å²) in [6, 6.07) is 7.49. The Morgan fingerprint density at radius 2 is 1.83 bits per heavy atom. The first kappa shape index (κ1) is 21.8. The zero-order valence-electron chi connectivity index (χ0n) is 17.1. The van der Waals surface area contributed by atoms with E-state index in [0.717, 1.165) is 25.7 Å². The average molecular weight is 433 g/mol. The Bertz CT molecular complexity index is 1060. The molecule has 1 aliphatic carbocycles. The molecule has 0 unspecified atom stereocenters. The minimum atomic E-state index is -4.01. The number of nitriles is 1. The van der Waals surface area contributed by atoms with Gasteiger partial charge in [-0.1, -0.05) is 0 Å². The monoisotopic (exact) mass is 432 g/mol. The number of hydrogen-bond acceptors (Lipinski definition) is 7. The molecule has 1 saturated carbocycles. The first-order valence-corrected chi connectivity index (χ1v) is 11.0. The maximum absolute atomic E-state index is 13.0. The molecule has 0 spiro atoms. The van der Waals surface area contributed by atoms with Crippen molar-refractivity contribution in [1.82, 2.24) is 9.78 Å². The van der Waals surface area contributed by atoms with Gasteiger partial charge in [0.05, 0.1) is 35.4 Å². The van der Waals surface area contributed by atoms with Gasteiger partial charge in [-0.2, -0.15) is 10.4 Å². The van der Waals surface area contributed by atoms with Crippen molar-refractivity contribution in [3.05, 3.63) is 41.2 Å². The number of aryl methyl sites for hydroxylation is 1. The van der Waals surface area contributed by atoms with Gasteiger partial charge in [0, 0.05) is 20.1 Å². The second kappa shape index (κ2) is 8.85. The normalized spacial score (nSPS) is 19.1. The zero-order chi connectivity index (χ0) is 21.9. The van der Waals surface area contributed by atoms with Crippen LogP contribution in [0.3, 0.4) is 0 Å². The number of rotatable bonds is 6. The average Bonchev–Trinajstić information content (AvgIpc) is 3.08. The van der Waals surface area contributed by atoms with Crippen LogP contribution in [0.15, 0.2) is 29.2 Å². The minimum Gasteiger partial charge on any atom is -0.464 e. The Kier molecular flexibility index (Phi) is 6.43. The number of carbonyl (C=O) groups is 1. The van der Waals surface area contributed by atoms with Gasteiger partial charge in [-0.15, -0.1) is 0 Å². The van der Waals surface area contributed by atoms with Crippen molar-refractivity contribution in [3.63, 3.8) is 0 Å². The number of nitrogens with zero attached hydrogens (tertiary/aromatic N) is 3. The van der Waals surface area contributed by atoms with Gasteiger partial charge in [-0.05, 0) is 49.9 Å². The summed E-state index contributed by atoms with van der Waals surface area (Å²) in [6.07, 6.45) is 3.35. The van der Waals surface area contributed by atoms with Gasteiger partial charge in [0.2, 0.25) is 0 Å². The molecule has 0 radical (unpaired) electrons. The van der Waals surface area contributed by atoms with Gasteiger partial charge < -0.3 is 9.47 Å². The van der Waals surface area contributed by atoms with Crippen LogP contribution in [0.4, 0.5) is 5.69 Å². The lowest BCUT2D eigenvalue weighted by Gasteiger charge is -2.27. The Hall–Kier alpha value is -2.90. The molecule has 0 atom stereocenters. The summed E-state index contributed by atoms with van der Waals surface area (Å²) < 4.78 is 40.2. The lowest BCUT2D eigenvalue weighted by atomic mass is 9.84. The molecule has 1 aromatic heterocycles. The second-order valence-electron chi connectivity index (χ2n) is 7.18. The van der Waals surface area contributed by atoms with Crippen molar-refractivity contribution in [2.24, 2.45) is 7.05 Å². The van der Waals surface area contributed by atoms with Crippen LogP contribution in [0.1, 0.15) is 53.3 Å². The predicted octanol–water partition coefficient (Wildman–Crippen LogP) is 2.55. The lowest BCUT2D eigenvalue weighted by Crippen LogP contribution is -2.21. The van der Waals surface area contributed by atoms with Crippen LogP contribution in [0, 0.1) is 11.3 Å². The smallest absolute Gasteiger partial charge is 0.358 e. The van der Waals surface area contributed by atoms with E-state index < -0.39 is 16.0 Å². The van der Waals surface area contributed by atoms with Gasteiger partial charge >= 0.3 is 5.97 Å². The molecule has 1 N–H and O–H groups in total. The maximum Gasteiger partial charge on any atom is 0.358 e. The summed E-state index contributed by atoms with van der Waals surface area (Å²) in [5.74, 6) is -0.695. The highest BCUT2D eigenvalue weighted by molar-refractivity contribution is 7.92. The highest BCUT2D eigenvalue weighted by atomic mass is 32.2. The topological polar surface area (TPSA) is 123 Å². The fraction of sp³-hybridized carbons (Fsp3) is 0.450. The van der Waals surface area contributed by atoms with Crippen molar-refractivity contribution in [2.45, 2.75) is 42.6 Å². The summed E-state index contributed by atoms with van der Waals surface area (Å²) in [4.78, 5) is 12.4. The van der Waals surface area contributed by atoms with E-state index in [1.807, 2.05) is 6.07 Å². The highest BCUT2D eigenvalue weighted by Crippen LogP contribution is 2.39. The Balaban J connectivity index is 2.01. The van der Waals surface area contributed by atoms with Crippen LogP contribution in [-0.4, -0.2) is 44.5 Å². The second-order valence-corrected chi connectivity index (χ2v) is 8.86. The van der Waals surface area contributed by atoms with E-state index in [2.05, 4.69) is 9.82 Å². The molecule has 1 fully saturated rings. The van der Waals surface area contributed by atoms with Crippen LogP contribution < -0.4 is 4.72 Å². The highest BCUT2D eigenvalue weighted by Gasteiger charge is 2.33. The van der Waals surface area contributed by atoms with Crippen molar-refractivity contribution < 1.29 is 22.7 Å². The zero-order valence-corrected chi connectivity index (χ0v) is 17.9. The molecule has 1 heterocycles. The molecule has 1 aliphatic rings. The summed E-state index contributed by atoms with van der Waals surface area (Å²) in [5, 5.41) is 13.4. The quantitative estimate of drug-likeness (QED) is 0.696. The van der Waals surface area contributed by atoms with Crippen molar-refractivity contribution in [2.75, 3.05) is 18.9 Å². The van der Waals surface area contributed by atoms with Crippen molar-refractivity contribution in [1.29, 1.82) is 5.26 Å². The number of sulfonamides is 1. The van der Waals surface area contributed by atoms with Crippen molar-refractivity contribution >= 4 is 21.7 Å². The lowest BCUT2D eigenvalue weighted by molar-refractivity contribution is 0.0589. The maximum atomic E-state index is 13.0. The third kappa shape index (κ3) is 4.32. The molecule has 30 heavy (non-hydrogen) atoms. The van der Waals surface area contributed by atoms with E-state index in [1.165, 1.54) is 36.1 Å². The predicted molar refractivity (Wildman–Crippen MR) is 109 cm³/mol. The number of carbonyl (C=O) groups excluding carboxylic acids is 1. The number of benzene rings is 1.